The summed E-state index contributed by atoms with van der Waals surface area (Å²) in [5.74, 6) is -0.739. The number of thiocarbonyl (C=S) groups is 1. The van der Waals surface area contributed by atoms with Gasteiger partial charge in [-0.2, -0.15) is 5.01 Å². The number of hydrogen-bond acceptors (Lipinski definition) is 5. The van der Waals surface area contributed by atoms with Crippen molar-refractivity contribution in [3.8, 4) is 5.75 Å². The molecule has 0 saturated carbocycles. The molecule has 1 saturated heterocycles. The fourth-order valence-electron chi connectivity index (χ4n) is 3.22. The molecule has 1 aliphatic rings. The zero-order chi connectivity index (χ0) is 26.0. The number of ether oxygens (including phenoxy) is 1. The SMILES string of the molecule is Cc1ccc(C(=O)NN2C(=O)/C(=C\c3cc(Br)c(OCc4ccc(F)cc4)c(Br)c3)SC2=S)c(Cl)c1. The second-order valence-electron chi connectivity index (χ2n) is 7.67. The molecule has 184 valence electrons. The molecule has 0 bridgehead atoms. The Labute approximate surface area is 238 Å². The van der Waals surface area contributed by atoms with E-state index < -0.39 is 11.8 Å². The van der Waals surface area contributed by atoms with Gasteiger partial charge in [0.2, 0.25) is 0 Å². The lowest BCUT2D eigenvalue weighted by Gasteiger charge is -2.16. The molecular weight excluding hydrogens is 655 g/mol. The molecule has 0 atom stereocenters. The Bertz CT molecular complexity index is 1390. The summed E-state index contributed by atoms with van der Waals surface area (Å²) in [6.45, 7) is 2.11. The number of thioether (sulfide) groups is 1. The molecule has 0 spiro atoms. The number of halogens is 4. The van der Waals surface area contributed by atoms with Gasteiger partial charge in [0.25, 0.3) is 11.8 Å². The van der Waals surface area contributed by atoms with Crippen molar-refractivity contribution in [2.24, 2.45) is 0 Å². The van der Waals surface area contributed by atoms with Crippen molar-refractivity contribution >= 4 is 89.7 Å². The first-order valence-electron chi connectivity index (χ1n) is 10.3. The maximum atomic E-state index is 13.1. The standard InChI is InChI=1S/C25H16Br2ClFN2O3S2/c1-13-2-7-17(20(28)8-13)23(32)30-31-24(33)21(36-25(31)35)11-15-9-18(26)22(19(27)10-15)34-12-14-3-5-16(29)6-4-14/h2-11H,12H2,1H3,(H,30,32)/b21-11+. The van der Waals surface area contributed by atoms with E-state index in [0.717, 1.165) is 27.9 Å². The minimum Gasteiger partial charge on any atom is -0.487 e. The van der Waals surface area contributed by atoms with Crippen LogP contribution in [0.3, 0.4) is 0 Å². The average molecular weight is 671 g/mol. The van der Waals surface area contributed by atoms with Crippen molar-refractivity contribution < 1.29 is 18.7 Å². The number of aryl methyl sites for hydroxylation is 1. The third-order valence-corrected chi connectivity index (χ3v) is 7.78. The van der Waals surface area contributed by atoms with Crippen LogP contribution in [0.5, 0.6) is 5.75 Å². The Kier molecular flexibility index (Phi) is 8.52. The van der Waals surface area contributed by atoms with E-state index in [9.17, 15) is 14.0 Å². The summed E-state index contributed by atoms with van der Waals surface area (Å²) in [6.07, 6.45) is 1.67. The summed E-state index contributed by atoms with van der Waals surface area (Å²) >= 11 is 19.6. The highest BCUT2D eigenvalue weighted by Crippen LogP contribution is 2.38. The van der Waals surface area contributed by atoms with Gasteiger partial charge in [0.15, 0.2) is 4.32 Å². The van der Waals surface area contributed by atoms with Crippen LogP contribution in [0.4, 0.5) is 4.39 Å². The van der Waals surface area contributed by atoms with E-state index in [1.54, 1.807) is 48.5 Å². The number of benzene rings is 3. The Morgan fingerprint density at radius 3 is 2.47 bits per heavy atom. The van der Waals surface area contributed by atoms with Gasteiger partial charge in [0.05, 0.1) is 24.4 Å². The molecule has 3 aromatic carbocycles. The highest BCUT2D eigenvalue weighted by Gasteiger charge is 2.34. The molecule has 36 heavy (non-hydrogen) atoms. The number of carbonyl (C=O) groups excluding carboxylic acids is 2. The Balaban J connectivity index is 1.48. The fourth-order valence-corrected chi connectivity index (χ4v) is 6.17. The van der Waals surface area contributed by atoms with Crippen LogP contribution < -0.4 is 10.2 Å². The molecule has 0 unspecified atom stereocenters. The van der Waals surface area contributed by atoms with Crippen LogP contribution >= 0.6 is 67.4 Å². The van der Waals surface area contributed by atoms with Crippen molar-refractivity contribution in [3.05, 3.63) is 102 Å². The van der Waals surface area contributed by atoms with Gasteiger partial charge in [-0.15, -0.1) is 0 Å². The van der Waals surface area contributed by atoms with Gasteiger partial charge in [-0.1, -0.05) is 41.6 Å². The average Bonchev–Trinajstić information content (AvgIpc) is 3.07. The number of hydrazine groups is 1. The summed E-state index contributed by atoms with van der Waals surface area (Å²) in [5, 5.41) is 1.32. The molecule has 3 aromatic rings. The van der Waals surface area contributed by atoms with Crippen LogP contribution in [0.1, 0.15) is 27.0 Å². The molecule has 5 nitrogen and oxygen atoms in total. The van der Waals surface area contributed by atoms with Crippen molar-refractivity contribution in [1.29, 1.82) is 0 Å². The number of hydrogen-bond donors (Lipinski definition) is 1. The number of nitrogens with one attached hydrogen (secondary N) is 1. The van der Waals surface area contributed by atoms with Gasteiger partial charge in [0, 0.05) is 0 Å². The fraction of sp³-hybridized carbons (Fsp3) is 0.0800. The zero-order valence-electron chi connectivity index (χ0n) is 18.5. The van der Waals surface area contributed by atoms with Gasteiger partial charge >= 0.3 is 0 Å². The molecular formula is C25H16Br2ClFN2O3S2. The van der Waals surface area contributed by atoms with Crippen LogP contribution in [0.25, 0.3) is 6.08 Å². The summed E-state index contributed by atoms with van der Waals surface area (Å²) in [4.78, 5) is 26.0. The van der Waals surface area contributed by atoms with E-state index in [1.807, 2.05) is 6.92 Å². The van der Waals surface area contributed by atoms with E-state index in [-0.39, 0.29) is 27.3 Å². The third kappa shape index (κ3) is 6.18. The highest BCUT2D eigenvalue weighted by atomic mass is 79.9. The van der Waals surface area contributed by atoms with E-state index >= 15 is 0 Å². The van der Waals surface area contributed by atoms with Crippen molar-refractivity contribution in [1.82, 2.24) is 10.4 Å². The summed E-state index contributed by atoms with van der Waals surface area (Å²) in [7, 11) is 0. The number of nitrogens with zero attached hydrogens (tertiary/aromatic N) is 1. The quantitative estimate of drug-likeness (QED) is 0.218. The molecule has 2 amide bonds. The summed E-state index contributed by atoms with van der Waals surface area (Å²) < 4.78 is 20.5. The van der Waals surface area contributed by atoms with Gasteiger partial charge in [-0.05, 0) is 110 Å². The molecule has 0 radical (unpaired) electrons. The highest BCUT2D eigenvalue weighted by molar-refractivity contribution is 9.11. The first kappa shape index (κ1) is 26.8. The lowest BCUT2D eigenvalue weighted by atomic mass is 10.1. The third-order valence-electron chi connectivity index (χ3n) is 4.99. The summed E-state index contributed by atoms with van der Waals surface area (Å²) in [6, 6.07) is 14.7. The van der Waals surface area contributed by atoms with E-state index in [0.29, 0.717) is 25.2 Å². The number of amides is 2. The van der Waals surface area contributed by atoms with E-state index in [2.05, 4.69) is 37.3 Å². The Morgan fingerprint density at radius 1 is 1.17 bits per heavy atom. The van der Waals surface area contributed by atoms with Gasteiger partial charge in [0.1, 0.15) is 18.2 Å². The monoisotopic (exact) mass is 668 g/mol. The zero-order valence-corrected chi connectivity index (χ0v) is 24.0. The topological polar surface area (TPSA) is 58.6 Å². The smallest absolute Gasteiger partial charge is 0.285 e. The molecule has 11 heteroatoms. The van der Waals surface area contributed by atoms with E-state index in [4.69, 9.17) is 28.6 Å². The summed E-state index contributed by atoms with van der Waals surface area (Å²) in [5.41, 5.74) is 5.21. The minimum atomic E-state index is -0.536. The second kappa shape index (κ2) is 11.4. The maximum absolute atomic E-state index is 13.1. The van der Waals surface area contributed by atoms with Crippen molar-refractivity contribution in [2.45, 2.75) is 13.5 Å². The Hall–Kier alpha value is -2.24. The first-order valence-corrected chi connectivity index (χ1v) is 13.5. The maximum Gasteiger partial charge on any atom is 0.285 e. The molecule has 4 rings (SSSR count). The van der Waals surface area contributed by atoms with Crippen LogP contribution in [0.15, 0.2) is 68.4 Å². The lowest BCUT2D eigenvalue weighted by Crippen LogP contribution is -2.44. The largest absolute Gasteiger partial charge is 0.487 e. The predicted molar refractivity (Wildman–Crippen MR) is 151 cm³/mol. The van der Waals surface area contributed by atoms with Gasteiger partial charge in [-0.3, -0.25) is 15.0 Å². The molecule has 1 aliphatic heterocycles. The van der Waals surface area contributed by atoms with Gasteiger partial charge in [-0.25, -0.2) is 4.39 Å². The number of rotatable bonds is 6. The minimum absolute atomic E-state index is 0.195. The van der Waals surface area contributed by atoms with Crippen molar-refractivity contribution in [2.75, 3.05) is 0 Å². The van der Waals surface area contributed by atoms with Crippen LogP contribution in [0.2, 0.25) is 5.02 Å². The van der Waals surface area contributed by atoms with Crippen LogP contribution in [0, 0.1) is 12.7 Å². The van der Waals surface area contributed by atoms with Crippen LogP contribution in [-0.4, -0.2) is 21.1 Å². The van der Waals surface area contributed by atoms with Crippen LogP contribution in [-0.2, 0) is 11.4 Å². The number of carbonyl (C=O) groups is 2. The van der Waals surface area contributed by atoms with Crippen molar-refractivity contribution in [3.63, 3.8) is 0 Å². The molecule has 1 fully saturated rings. The molecule has 0 aliphatic carbocycles. The van der Waals surface area contributed by atoms with E-state index in [1.165, 1.54) is 12.1 Å². The molecule has 1 N–H and O–H groups in total. The predicted octanol–water partition coefficient (Wildman–Crippen LogP) is 7.44. The molecule has 1 heterocycles. The Morgan fingerprint density at radius 2 is 1.83 bits per heavy atom. The normalized spacial score (nSPS) is 14.5. The van der Waals surface area contributed by atoms with Gasteiger partial charge < -0.3 is 4.74 Å². The lowest BCUT2D eigenvalue weighted by molar-refractivity contribution is -0.123. The second-order valence-corrected chi connectivity index (χ2v) is 11.5. The first-order chi connectivity index (χ1) is 17.1. The molecule has 0 aromatic heterocycles.